The summed E-state index contributed by atoms with van der Waals surface area (Å²) in [6, 6.07) is 15.1. The minimum absolute atomic E-state index is 0.215. The van der Waals surface area contributed by atoms with Crippen LogP contribution in [0.25, 0.3) is 10.9 Å². The molecule has 130 valence electrons. The Hall–Kier alpha value is -2.18. The molecule has 0 saturated heterocycles. The van der Waals surface area contributed by atoms with E-state index in [-0.39, 0.29) is 17.4 Å². The van der Waals surface area contributed by atoms with Gasteiger partial charge < -0.3 is 0 Å². The second-order valence-electron chi connectivity index (χ2n) is 6.71. The molecule has 1 heterocycles. The lowest BCUT2D eigenvalue weighted by atomic mass is 9.81. The standard InChI is InChI=1S/C19H20N2O3S/c1-14-6-8-18(9-7-14)25(22,23)24-13-15-10-17(11-15)21-12-16-4-2-3-5-19(16)20-21/h2-9,12,15,17H,10-11,13H2,1H3. The van der Waals surface area contributed by atoms with Crippen molar-refractivity contribution in [3.8, 4) is 0 Å². The molecule has 0 N–H and O–H groups in total. The summed E-state index contributed by atoms with van der Waals surface area (Å²) in [6.45, 7) is 2.15. The Morgan fingerprint density at radius 1 is 1.12 bits per heavy atom. The molecule has 4 rings (SSSR count). The maximum absolute atomic E-state index is 12.2. The van der Waals surface area contributed by atoms with Crippen molar-refractivity contribution in [2.24, 2.45) is 5.92 Å². The maximum atomic E-state index is 12.2. The van der Waals surface area contributed by atoms with Gasteiger partial charge >= 0.3 is 0 Å². The maximum Gasteiger partial charge on any atom is 0.296 e. The van der Waals surface area contributed by atoms with Crippen molar-refractivity contribution in [3.05, 3.63) is 60.3 Å². The van der Waals surface area contributed by atoms with E-state index in [0.29, 0.717) is 6.04 Å². The van der Waals surface area contributed by atoms with E-state index in [0.717, 1.165) is 29.3 Å². The zero-order valence-electron chi connectivity index (χ0n) is 14.0. The summed E-state index contributed by atoms with van der Waals surface area (Å²) in [5, 5.41) is 5.72. The molecule has 0 radical (unpaired) electrons. The molecule has 6 heteroatoms. The molecule has 1 aromatic heterocycles. The van der Waals surface area contributed by atoms with Crippen molar-refractivity contribution in [2.45, 2.75) is 30.7 Å². The zero-order valence-corrected chi connectivity index (χ0v) is 14.8. The van der Waals surface area contributed by atoms with Crippen LogP contribution in [0.15, 0.2) is 59.6 Å². The van der Waals surface area contributed by atoms with Crippen molar-refractivity contribution < 1.29 is 12.6 Å². The fourth-order valence-corrected chi connectivity index (χ4v) is 4.16. The lowest BCUT2D eigenvalue weighted by Crippen LogP contribution is -2.31. The predicted molar refractivity (Wildman–Crippen MR) is 95.8 cm³/mol. The van der Waals surface area contributed by atoms with Crippen LogP contribution in [0, 0.1) is 12.8 Å². The normalized spacial score (nSPS) is 20.5. The first-order valence-corrected chi connectivity index (χ1v) is 9.82. The minimum atomic E-state index is -3.67. The average molecular weight is 356 g/mol. The summed E-state index contributed by atoms with van der Waals surface area (Å²) < 4.78 is 31.7. The number of hydrogen-bond donors (Lipinski definition) is 0. The molecule has 0 spiro atoms. The van der Waals surface area contributed by atoms with Crippen LogP contribution in [-0.4, -0.2) is 24.8 Å². The molecule has 0 atom stereocenters. The summed E-state index contributed by atoms with van der Waals surface area (Å²) in [4.78, 5) is 0.215. The molecule has 5 nitrogen and oxygen atoms in total. The first kappa shape index (κ1) is 16.3. The van der Waals surface area contributed by atoms with Crippen molar-refractivity contribution in [3.63, 3.8) is 0 Å². The van der Waals surface area contributed by atoms with Crippen LogP contribution < -0.4 is 0 Å². The van der Waals surface area contributed by atoms with E-state index in [1.807, 2.05) is 35.9 Å². The molecule has 1 fully saturated rings. The van der Waals surface area contributed by atoms with Gasteiger partial charge in [-0.3, -0.25) is 8.86 Å². The minimum Gasteiger partial charge on any atom is -0.268 e. The fourth-order valence-electron chi connectivity index (χ4n) is 3.18. The number of benzene rings is 2. The van der Waals surface area contributed by atoms with Crippen LogP contribution in [0.4, 0.5) is 0 Å². The lowest BCUT2D eigenvalue weighted by molar-refractivity contribution is 0.121. The molecule has 1 aliphatic carbocycles. The highest BCUT2D eigenvalue weighted by Crippen LogP contribution is 2.38. The van der Waals surface area contributed by atoms with Crippen LogP contribution in [0.5, 0.6) is 0 Å². The number of rotatable bonds is 5. The van der Waals surface area contributed by atoms with Gasteiger partial charge in [0.15, 0.2) is 0 Å². The SMILES string of the molecule is Cc1ccc(S(=O)(=O)OCC2CC(n3cc4ccccc4n3)C2)cc1. The predicted octanol–water partition coefficient (Wildman–Crippen LogP) is 3.70. The van der Waals surface area contributed by atoms with Crippen LogP contribution in [0.2, 0.25) is 0 Å². The molecular weight excluding hydrogens is 336 g/mol. The molecule has 3 aromatic rings. The number of nitrogens with zero attached hydrogens (tertiary/aromatic N) is 2. The molecular formula is C19H20N2O3S. The van der Waals surface area contributed by atoms with E-state index in [2.05, 4.69) is 11.3 Å². The first-order valence-electron chi connectivity index (χ1n) is 8.41. The van der Waals surface area contributed by atoms with Gasteiger partial charge in [-0.1, -0.05) is 35.9 Å². The van der Waals surface area contributed by atoms with Gasteiger partial charge in [0.1, 0.15) is 0 Å². The van der Waals surface area contributed by atoms with Gasteiger partial charge in [0.25, 0.3) is 10.1 Å². The van der Waals surface area contributed by atoms with E-state index in [1.54, 1.807) is 24.3 Å². The van der Waals surface area contributed by atoms with Gasteiger partial charge in [0.2, 0.25) is 0 Å². The van der Waals surface area contributed by atoms with Crippen molar-refractivity contribution in [1.29, 1.82) is 0 Å². The highest BCUT2D eigenvalue weighted by Gasteiger charge is 2.32. The Kier molecular flexibility index (Phi) is 4.09. The third-order valence-electron chi connectivity index (χ3n) is 4.78. The highest BCUT2D eigenvalue weighted by molar-refractivity contribution is 7.86. The topological polar surface area (TPSA) is 61.2 Å². The van der Waals surface area contributed by atoms with Gasteiger partial charge in [-0.05, 0) is 43.9 Å². The molecule has 0 bridgehead atoms. The highest BCUT2D eigenvalue weighted by atomic mass is 32.2. The van der Waals surface area contributed by atoms with Gasteiger partial charge in [-0.25, -0.2) is 0 Å². The second-order valence-corrected chi connectivity index (χ2v) is 8.33. The molecule has 1 saturated carbocycles. The zero-order chi connectivity index (χ0) is 17.4. The first-order chi connectivity index (χ1) is 12.0. The van der Waals surface area contributed by atoms with Crippen LogP contribution in [-0.2, 0) is 14.3 Å². The number of hydrogen-bond acceptors (Lipinski definition) is 4. The third kappa shape index (κ3) is 3.32. The van der Waals surface area contributed by atoms with E-state index < -0.39 is 10.1 Å². The largest absolute Gasteiger partial charge is 0.296 e. The van der Waals surface area contributed by atoms with Gasteiger partial charge in [0, 0.05) is 11.6 Å². The van der Waals surface area contributed by atoms with E-state index >= 15 is 0 Å². The van der Waals surface area contributed by atoms with Crippen LogP contribution in [0.3, 0.4) is 0 Å². The monoisotopic (exact) mass is 356 g/mol. The Labute approximate surface area is 147 Å². The lowest BCUT2D eigenvalue weighted by Gasteiger charge is -2.34. The molecule has 25 heavy (non-hydrogen) atoms. The van der Waals surface area contributed by atoms with Crippen LogP contribution >= 0.6 is 0 Å². The number of fused-ring (bicyclic) bond motifs is 1. The fraction of sp³-hybridized carbons (Fsp3) is 0.316. The summed E-state index contributed by atoms with van der Waals surface area (Å²) >= 11 is 0. The van der Waals surface area contributed by atoms with Crippen molar-refractivity contribution in [1.82, 2.24) is 9.78 Å². The summed E-state index contributed by atoms with van der Waals surface area (Å²) in [6.07, 6.45) is 3.83. The molecule has 1 aliphatic rings. The average Bonchev–Trinajstić information content (AvgIpc) is 2.97. The number of aromatic nitrogens is 2. The number of aryl methyl sites for hydroxylation is 1. The van der Waals surface area contributed by atoms with E-state index in [4.69, 9.17) is 4.18 Å². The van der Waals surface area contributed by atoms with Gasteiger partial charge in [-0.15, -0.1) is 0 Å². The summed E-state index contributed by atoms with van der Waals surface area (Å²) in [5.41, 5.74) is 2.01. The Balaban J connectivity index is 1.34. The van der Waals surface area contributed by atoms with Gasteiger partial charge in [0.05, 0.1) is 23.1 Å². The van der Waals surface area contributed by atoms with E-state index in [1.165, 1.54) is 0 Å². The molecule has 0 unspecified atom stereocenters. The van der Waals surface area contributed by atoms with Gasteiger partial charge in [-0.2, -0.15) is 13.5 Å². The molecule has 0 aliphatic heterocycles. The Bertz CT molecular complexity index is 954. The Morgan fingerprint density at radius 2 is 1.84 bits per heavy atom. The molecule has 2 aromatic carbocycles. The smallest absolute Gasteiger partial charge is 0.268 e. The van der Waals surface area contributed by atoms with E-state index in [9.17, 15) is 8.42 Å². The molecule has 0 amide bonds. The van der Waals surface area contributed by atoms with Crippen molar-refractivity contribution in [2.75, 3.05) is 6.61 Å². The van der Waals surface area contributed by atoms with Crippen molar-refractivity contribution >= 4 is 21.0 Å². The Morgan fingerprint density at radius 3 is 2.56 bits per heavy atom. The summed E-state index contributed by atoms with van der Waals surface area (Å²) in [5.74, 6) is 0.248. The quantitative estimate of drug-likeness (QED) is 0.654. The second kappa shape index (κ2) is 6.28. The third-order valence-corrected chi connectivity index (χ3v) is 6.08. The summed E-state index contributed by atoms with van der Waals surface area (Å²) in [7, 11) is -3.67. The van der Waals surface area contributed by atoms with Crippen LogP contribution in [0.1, 0.15) is 24.4 Å².